The molecule has 110 valence electrons. The highest BCUT2D eigenvalue weighted by atomic mass is 19.1. The molecule has 2 rings (SSSR count). The summed E-state index contributed by atoms with van der Waals surface area (Å²) in [6.45, 7) is 1.78. The fourth-order valence-corrected chi connectivity index (χ4v) is 1.42. The third-order valence-electron chi connectivity index (χ3n) is 2.28. The first-order chi connectivity index (χ1) is 10.0. The van der Waals surface area contributed by atoms with Crippen LogP contribution in [0.4, 0.5) is 10.1 Å². The van der Waals surface area contributed by atoms with E-state index in [1.54, 1.807) is 6.92 Å². The highest BCUT2D eigenvalue weighted by Gasteiger charge is 2.20. The van der Waals surface area contributed by atoms with Crippen molar-refractivity contribution in [2.45, 2.75) is 6.92 Å². The minimum atomic E-state index is -0.812. The Labute approximate surface area is 117 Å². The lowest BCUT2D eigenvalue weighted by Crippen LogP contribution is -2.04. The number of aromatic nitrogens is 1. The van der Waals surface area contributed by atoms with Crippen LogP contribution in [0.3, 0.4) is 0 Å². The SMILES string of the molecule is CCOC(=O)c1coc(Oc2ccc(F)cc2[N+](=O)[O-])n1. The average molecular weight is 296 g/mol. The Hall–Kier alpha value is -2.97. The fraction of sp³-hybridized carbons (Fsp3) is 0.167. The molecule has 0 aliphatic carbocycles. The Kier molecular flexibility index (Phi) is 4.12. The first-order valence-corrected chi connectivity index (χ1v) is 5.75. The van der Waals surface area contributed by atoms with Gasteiger partial charge in [0.05, 0.1) is 17.6 Å². The second kappa shape index (κ2) is 5.99. The van der Waals surface area contributed by atoms with Crippen LogP contribution in [-0.2, 0) is 4.74 Å². The molecule has 0 saturated carbocycles. The van der Waals surface area contributed by atoms with Crippen LogP contribution < -0.4 is 4.74 Å². The zero-order valence-corrected chi connectivity index (χ0v) is 10.7. The van der Waals surface area contributed by atoms with Crippen molar-refractivity contribution in [3.63, 3.8) is 0 Å². The number of halogens is 1. The maximum absolute atomic E-state index is 13.0. The Balaban J connectivity index is 2.23. The summed E-state index contributed by atoms with van der Waals surface area (Å²) in [6, 6.07) is 2.74. The second-order valence-corrected chi connectivity index (χ2v) is 3.69. The summed E-state index contributed by atoms with van der Waals surface area (Å²) in [4.78, 5) is 25.0. The van der Waals surface area contributed by atoms with Crippen molar-refractivity contribution in [1.29, 1.82) is 0 Å². The van der Waals surface area contributed by atoms with Gasteiger partial charge in [0.2, 0.25) is 5.75 Å². The van der Waals surface area contributed by atoms with Gasteiger partial charge in [-0.25, -0.2) is 9.18 Å². The topological polar surface area (TPSA) is 105 Å². The molecule has 2 aromatic rings. The van der Waals surface area contributed by atoms with Gasteiger partial charge >= 0.3 is 17.7 Å². The first-order valence-electron chi connectivity index (χ1n) is 5.75. The molecule has 0 fully saturated rings. The van der Waals surface area contributed by atoms with Gasteiger partial charge in [0.25, 0.3) is 0 Å². The van der Waals surface area contributed by atoms with Gasteiger partial charge in [0, 0.05) is 0 Å². The van der Waals surface area contributed by atoms with E-state index in [1.807, 2.05) is 0 Å². The minimum absolute atomic E-state index is 0.142. The molecule has 0 radical (unpaired) electrons. The van der Waals surface area contributed by atoms with Gasteiger partial charge in [-0.1, -0.05) is 0 Å². The number of carbonyl (C=O) groups is 1. The van der Waals surface area contributed by atoms with E-state index in [0.29, 0.717) is 6.07 Å². The van der Waals surface area contributed by atoms with E-state index in [2.05, 4.69) is 4.98 Å². The number of esters is 1. The van der Waals surface area contributed by atoms with Gasteiger partial charge in [0.1, 0.15) is 12.1 Å². The van der Waals surface area contributed by atoms with Crippen LogP contribution in [0.25, 0.3) is 0 Å². The van der Waals surface area contributed by atoms with Crippen molar-refractivity contribution < 1.29 is 28.0 Å². The quantitative estimate of drug-likeness (QED) is 0.474. The lowest BCUT2D eigenvalue weighted by Gasteiger charge is -2.01. The number of benzene rings is 1. The molecule has 1 aromatic heterocycles. The van der Waals surface area contributed by atoms with Crippen molar-refractivity contribution in [1.82, 2.24) is 4.98 Å². The van der Waals surface area contributed by atoms with Gasteiger partial charge in [-0.3, -0.25) is 10.1 Å². The predicted octanol–water partition coefficient (Wildman–Crippen LogP) is 2.69. The maximum Gasteiger partial charge on any atom is 0.400 e. The zero-order valence-electron chi connectivity index (χ0n) is 10.7. The monoisotopic (exact) mass is 296 g/mol. The van der Waals surface area contributed by atoms with Gasteiger partial charge < -0.3 is 13.9 Å². The highest BCUT2D eigenvalue weighted by molar-refractivity contribution is 5.86. The van der Waals surface area contributed by atoms with E-state index in [1.165, 1.54) is 0 Å². The third kappa shape index (κ3) is 3.32. The molecule has 9 heteroatoms. The molecule has 1 heterocycles. The van der Waals surface area contributed by atoms with Crippen LogP contribution in [0.1, 0.15) is 17.4 Å². The number of ether oxygens (including phenoxy) is 2. The number of carbonyl (C=O) groups excluding carboxylic acids is 1. The molecular formula is C12H9FN2O6. The number of hydrogen-bond acceptors (Lipinski definition) is 7. The maximum atomic E-state index is 13.0. The lowest BCUT2D eigenvalue weighted by atomic mass is 10.3. The van der Waals surface area contributed by atoms with E-state index in [4.69, 9.17) is 13.9 Å². The number of nitro groups is 1. The third-order valence-corrected chi connectivity index (χ3v) is 2.28. The van der Waals surface area contributed by atoms with Crippen LogP contribution in [0, 0.1) is 15.9 Å². The number of nitrogens with zero attached hydrogens (tertiary/aromatic N) is 2. The molecule has 21 heavy (non-hydrogen) atoms. The van der Waals surface area contributed by atoms with Crippen molar-refractivity contribution in [3.05, 3.63) is 46.1 Å². The van der Waals surface area contributed by atoms with Crippen LogP contribution in [-0.4, -0.2) is 22.5 Å². The summed E-state index contributed by atoms with van der Waals surface area (Å²) in [7, 11) is 0. The smallest absolute Gasteiger partial charge is 0.400 e. The van der Waals surface area contributed by atoms with Crippen LogP contribution in [0.15, 0.2) is 28.9 Å². The van der Waals surface area contributed by atoms with Crippen molar-refractivity contribution in [2.75, 3.05) is 6.61 Å². The Morgan fingerprint density at radius 3 is 2.95 bits per heavy atom. The fourth-order valence-electron chi connectivity index (χ4n) is 1.42. The largest absolute Gasteiger partial charge is 0.461 e. The van der Waals surface area contributed by atoms with Crippen molar-refractivity contribution in [2.24, 2.45) is 0 Å². The normalized spacial score (nSPS) is 10.2. The molecule has 0 unspecified atom stereocenters. The van der Waals surface area contributed by atoms with E-state index in [-0.39, 0.29) is 18.1 Å². The predicted molar refractivity (Wildman–Crippen MR) is 65.6 cm³/mol. The van der Waals surface area contributed by atoms with E-state index in [9.17, 15) is 19.3 Å². The first kappa shape index (κ1) is 14.4. The van der Waals surface area contributed by atoms with Crippen LogP contribution in [0.5, 0.6) is 11.8 Å². The molecule has 0 saturated heterocycles. The molecule has 8 nitrogen and oxygen atoms in total. The summed E-state index contributed by atoms with van der Waals surface area (Å²) in [5, 5.41) is 10.8. The summed E-state index contributed by atoms with van der Waals surface area (Å²) in [6.07, 6.45) is 0.593. The average Bonchev–Trinajstić information content (AvgIpc) is 2.89. The molecule has 0 spiro atoms. The molecular weight excluding hydrogens is 287 g/mol. The van der Waals surface area contributed by atoms with Gasteiger partial charge in [-0.15, -0.1) is 0 Å². The summed E-state index contributed by atoms with van der Waals surface area (Å²) in [5.74, 6) is -1.77. The van der Waals surface area contributed by atoms with Gasteiger partial charge in [-0.05, 0) is 19.1 Å². The highest BCUT2D eigenvalue weighted by Crippen LogP contribution is 2.31. The van der Waals surface area contributed by atoms with E-state index >= 15 is 0 Å². The standard InChI is InChI=1S/C12H9FN2O6/c1-2-19-11(16)8-6-20-12(14-8)21-10-4-3-7(13)5-9(10)15(17)18/h3-6H,2H2,1H3. The van der Waals surface area contributed by atoms with Crippen LogP contribution >= 0.6 is 0 Å². The summed E-state index contributed by atoms with van der Waals surface area (Å²) < 4.78 is 27.6. The number of nitro benzene ring substituents is 1. The zero-order chi connectivity index (χ0) is 15.4. The Morgan fingerprint density at radius 1 is 1.52 bits per heavy atom. The number of hydrogen-bond donors (Lipinski definition) is 0. The van der Waals surface area contributed by atoms with E-state index in [0.717, 1.165) is 18.4 Å². The van der Waals surface area contributed by atoms with Crippen molar-refractivity contribution in [3.8, 4) is 11.8 Å². The molecule has 0 aliphatic heterocycles. The van der Waals surface area contributed by atoms with Gasteiger partial charge in [-0.2, -0.15) is 4.98 Å². The molecule has 1 aromatic carbocycles. The number of rotatable bonds is 5. The summed E-state index contributed by atoms with van der Waals surface area (Å²) >= 11 is 0. The summed E-state index contributed by atoms with van der Waals surface area (Å²) in [5.41, 5.74) is -0.734. The molecule has 0 amide bonds. The second-order valence-electron chi connectivity index (χ2n) is 3.69. The van der Waals surface area contributed by atoms with Crippen molar-refractivity contribution >= 4 is 11.7 Å². The molecule has 0 N–H and O–H groups in total. The van der Waals surface area contributed by atoms with Gasteiger partial charge in [0.15, 0.2) is 5.69 Å². The molecule has 0 bridgehead atoms. The van der Waals surface area contributed by atoms with E-state index < -0.39 is 28.5 Å². The Morgan fingerprint density at radius 2 is 2.29 bits per heavy atom. The minimum Gasteiger partial charge on any atom is -0.461 e. The lowest BCUT2D eigenvalue weighted by molar-refractivity contribution is -0.385. The Bertz CT molecular complexity index is 684. The molecule has 0 aliphatic rings. The molecule has 0 atom stereocenters. The van der Waals surface area contributed by atoms with Crippen LogP contribution in [0.2, 0.25) is 0 Å². The number of oxazole rings is 1.